The van der Waals surface area contributed by atoms with Crippen LogP contribution in [0.5, 0.6) is 0 Å². The molecule has 3 fully saturated rings. The van der Waals surface area contributed by atoms with Gasteiger partial charge in [0.2, 0.25) is 9.05 Å². The normalized spacial score (nSPS) is 34.9. The number of hydrogen-bond donors (Lipinski definition) is 0. The Morgan fingerprint density at radius 3 is 2.47 bits per heavy atom. The summed E-state index contributed by atoms with van der Waals surface area (Å²) < 4.78 is 22.2. The van der Waals surface area contributed by atoms with Crippen molar-refractivity contribution in [1.29, 1.82) is 0 Å². The van der Waals surface area contributed by atoms with Crippen molar-refractivity contribution in [2.45, 2.75) is 31.6 Å². The van der Waals surface area contributed by atoms with Gasteiger partial charge in [0.25, 0.3) is 0 Å². The predicted molar refractivity (Wildman–Crippen MR) is 68.8 cm³/mol. The van der Waals surface area contributed by atoms with E-state index < -0.39 is 9.05 Å². The second-order valence-corrected chi connectivity index (χ2v) is 8.64. The molecule has 3 saturated carbocycles. The van der Waals surface area contributed by atoms with Gasteiger partial charge in [0.05, 0.1) is 5.75 Å². The maximum absolute atomic E-state index is 11.1. The Bertz CT molecular complexity index is 557. The van der Waals surface area contributed by atoms with Gasteiger partial charge in [-0.25, -0.2) is 8.42 Å². The summed E-state index contributed by atoms with van der Waals surface area (Å²) in [5, 5.41) is 0. The number of benzene rings is 1. The highest BCUT2D eigenvalue weighted by Gasteiger charge is 2.68. The van der Waals surface area contributed by atoms with Crippen LogP contribution in [0.2, 0.25) is 0 Å². The van der Waals surface area contributed by atoms with Crippen molar-refractivity contribution in [2.75, 3.05) is 5.75 Å². The summed E-state index contributed by atoms with van der Waals surface area (Å²) in [6, 6.07) is 8.55. The maximum Gasteiger partial charge on any atom is 0.233 e. The summed E-state index contributed by atoms with van der Waals surface area (Å²) in [4.78, 5) is 0. The van der Waals surface area contributed by atoms with E-state index in [9.17, 15) is 8.42 Å². The molecule has 1 aromatic rings. The number of rotatable bonds is 3. The van der Waals surface area contributed by atoms with Gasteiger partial charge >= 0.3 is 0 Å². The lowest BCUT2D eigenvalue weighted by Crippen LogP contribution is -2.66. The minimum absolute atomic E-state index is 0.00959. The fourth-order valence-electron chi connectivity index (χ4n) is 3.80. The first kappa shape index (κ1) is 11.5. The third kappa shape index (κ3) is 1.80. The fraction of sp³-hybridized carbons (Fsp3) is 0.538. The van der Waals surface area contributed by atoms with E-state index in [4.69, 9.17) is 10.7 Å². The van der Waals surface area contributed by atoms with Crippen LogP contribution in [-0.2, 0) is 14.5 Å². The van der Waals surface area contributed by atoms with Crippen LogP contribution in [0.3, 0.4) is 0 Å². The highest BCUT2D eigenvalue weighted by atomic mass is 35.7. The lowest BCUT2D eigenvalue weighted by Gasteiger charge is -2.71. The quantitative estimate of drug-likeness (QED) is 0.792. The van der Waals surface area contributed by atoms with Crippen LogP contribution in [-0.4, -0.2) is 14.2 Å². The molecule has 0 N–H and O–H groups in total. The Kier molecular flexibility index (Phi) is 2.22. The largest absolute Gasteiger partial charge is 0.233 e. The summed E-state index contributed by atoms with van der Waals surface area (Å²) in [7, 11) is 1.99. The second kappa shape index (κ2) is 3.27. The van der Waals surface area contributed by atoms with Gasteiger partial charge in [-0.15, -0.1) is 0 Å². The lowest BCUT2D eigenvalue weighted by molar-refractivity contribution is -0.122. The average Bonchev–Trinajstić information content (AvgIpc) is 2.07. The van der Waals surface area contributed by atoms with E-state index >= 15 is 0 Å². The van der Waals surface area contributed by atoms with Gasteiger partial charge in [-0.1, -0.05) is 29.8 Å². The third-order valence-electron chi connectivity index (χ3n) is 4.25. The van der Waals surface area contributed by atoms with E-state index in [0.717, 1.165) is 19.3 Å². The first-order valence-corrected chi connectivity index (χ1v) is 8.30. The van der Waals surface area contributed by atoms with Gasteiger partial charge in [-0.05, 0) is 42.6 Å². The van der Waals surface area contributed by atoms with Crippen molar-refractivity contribution in [3.8, 4) is 0 Å². The van der Waals surface area contributed by atoms with Gasteiger partial charge in [0.1, 0.15) is 0 Å². The number of hydrogen-bond acceptors (Lipinski definition) is 2. The van der Waals surface area contributed by atoms with Crippen LogP contribution in [0.1, 0.15) is 30.4 Å². The summed E-state index contributed by atoms with van der Waals surface area (Å²) in [6.07, 6.45) is 2.94. The highest BCUT2D eigenvalue weighted by Crippen LogP contribution is 2.74. The minimum atomic E-state index is -3.35. The molecule has 4 rings (SSSR count). The molecule has 0 aromatic heterocycles. The van der Waals surface area contributed by atoms with Gasteiger partial charge in [-0.2, -0.15) is 0 Å². The molecule has 17 heavy (non-hydrogen) atoms. The van der Waals surface area contributed by atoms with Crippen molar-refractivity contribution in [1.82, 2.24) is 0 Å². The average molecular weight is 271 g/mol. The predicted octanol–water partition coefficient (Wildman–Crippen LogP) is 2.99. The fourth-order valence-corrected chi connectivity index (χ4v) is 5.53. The van der Waals surface area contributed by atoms with Crippen LogP contribution >= 0.6 is 10.7 Å². The Balaban J connectivity index is 1.77. The zero-order valence-electron chi connectivity index (χ0n) is 9.74. The first-order valence-electron chi connectivity index (χ1n) is 5.82. The molecule has 0 atom stereocenters. The third-order valence-corrected chi connectivity index (χ3v) is 5.53. The van der Waals surface area contributed by atoms with Crippen molar-refractivity contribution < 1.29 is 8.42 Å². The second-order valence-electron chi connectivity index (χ2n) is 5.86. The Labute approximate surface area is 106 Å². The molecule has 0 heterocycles. The molecule has 4 heteroatoms. The monoisotopic (exact) mass is 270 g/mol. The van der Waals surface area contributed by atoms with E-state index in [2.05, 4.69) is 31.2 Å². The van der Waals surface area contributed by atoms with E-state index in [-0.39, 0.29) is 16.6 Å². The Morgan fingerprint density at radius 1 is 1.29 bits per heavy atom. The maximum atomic E-state index is 11.1. The van der Waals surface area contributed by atoms with Crippen molar-refractivity contribution >= 4 is 19.7 Å². The zero-order valence-corrected chi connectivity index (χ0v) is 11.3. The van der Waals surface area contributed by atoms with Crippen molar-refractivity contribution in [3.05, 3.63) is 35.4 Å². The summed E-state index contributed by atoms with van der Waals surface area (Å²) in [5.74, 6) is 0.148. The van der Waals surface area contributed by atoms with Crippen molar-refractivity contribution in [2.24, 2.45) is 5.41 Å². The molecule has 3 aliphatic carbocycles. The summed E-state index contributed by atoms with van der Waals surface area (Å²) in [5.41, 5.74) is 2.88. The lowest BCUT2D eigenvalue weighted by atomic mass is 9.34. The molecule has 1 aromatic carbocycles. The molecule has 0 spiro atoms. The molecule has 92 valence electrons. The smallest absolute Gasteiger partial charge is 0.212 e. The first-order chi connectivity index (χ1) is 7.83. The molecule has 3 aliphatic rings. The van der Waals surface area contributed by atoms with Crippen molar-refractivity contribution in [3.63, 3.8) is 0 Å². The molecular weight excluding hydrogens is 256 g/mol. The molecule has 0 unspecified atom stereocenters. The molecule has 0 saturated heterocycles. The standard InChI is InChI=1S/C13H15ClO2S/c1-10-3-2-4-11(5-10)13-6-12(7-13,8-13)9-17(14,15)16/h2-5H,6-9H2,1H3. The van der Waals surface area contributed by atoms with Gasteiger partial charge < -0.3 is 0 Å². The highest BCUT2D eigenvalue weighted by molar-refractivity contribution is 8.13. The molecule has 0 radical (unpaired) electrons. The van der Waals surface area contributed by atoms with Crippen LogP contribution in [0, 0.1) is 12.3 Å². The number of halogens is 1. The Morgan fingerprint density at radius 2 is 1.94 bits per heavy atom. The SMILES string of the molecule is Cc1cccc(C23CC(CS(=O)(=O)Cl)(C2)C3)c1. The molecule has 0 aliphatic heterocycles. The Hall–Kier alpha value is -0.540. The number of aryl methyl sites for hydroxylation is 1. The zero-order chi connectivity index (χ0) is 12.3. The molecule has 2 bridgehead atoms. The van der Waals surface area contributed by atoms with E-state index in [1.165, 1.54) is 11.1 Å². The van der Waals surface area contributed by atoms with Gasteiger partial charge in [0, 0.05) is 10.7 Å². The van der Waals surface area contributed by atoms with Crippen LogP contribution in [0.25, 0.3) is 0 Å². The molecule has 2 nitrogen and oxygen atoms in total. The van der Waals surface area contributed by atoms with Crippen LogP contribution in [0.15, 0.2) is 24.3 Å². The summed E-state index contributed by atoms with van der Waals surface area (Å²) >= 11 is 0. The van der Waals surface area contributed by atoms with Crippen LogP contribution < -0.4 is 0 Å². The van der Waals surface area contributed by atoms with E-state index in [1.54, 1.807) is 0 Å². The van der Waals surface area contributed by atoms with Gasteiger partial charge in [0.15, 0.2) is 0 Å². The minimum Gasteiger partial charge on any atom is -0.212 e. The summed E-state index contributed by atoms with van der Waals surface area (Å²) in [6.45, 7) is 2.09. The van der Waals surface area contributed by atoms with E-state index in [1.807, 2.05) is 0 Å². The van der Waals surface area contributed by atoms with Crippen LogP contribution in [0.4, 0.5) is 0 Å². The topological polar surface area (TPSA) is 34.1 Å². The van der Waals surface area contributed by atoms with Gasteiger partial charge in [-0.3, -0.25) is 0 Å². The van der Waals surface area contributed by atoms with E-state index in [0.29, 0.717) is 0 Å². The molecule has 0 amide bonds. The molecular formula is C13H15ClO2S.